The van der Waals surface area contributed by atoms with Crippen molar-refractivity contribution in [2.75, 3.05) is 6.61 Å². The summed E-state index contributed by atoms with van der Waals surface area (Å²) in [5, 5.41) is 24.1. The number of rotatable bonds is 6. The van der Waals surface area contributed by atoms with Gasteiger partial charge in [-0.25, -0.2) is 0 Å². The molecule has 0 saturated carbocycles. The third kappa shape index (κ3) is 3.59. The molecule has 1 unspecified atom stereocenters. The van der Waals surface area contributed by atoms with Crippen molar-refractivity contribution in [3.63, 3.8) is 0 Å². The van der Waals surface area contributed by atoms with Gasteiger partial charge in [0.05, 0.1) is 6.54 Å². The smallest absolute Gasteiger partial charge is 0.490 e. The lowest BCUT2D eigenvalue weighted by Gasteiger charge is -2.16. The van der Waals surface area contributed by atoms with Gasteiger partial charge in [0.15, 0.2) is 0 Å². The standard InChI is InChI=1S/C14H18N4O4/c1-9-4-5-10(2)13(11(9)3)22-7-12(19)6-17-8-15-14(16-17)18(20)21/h4-5,8,12,19H,6-7H2,1-3H3. The molecule has 1 aromatic carbocycles. The van der Waals surface area contributed by atoms with Gasteiger partial charge < -0.3 is 20.0 Å². The molecular weight excluding hydrogens is 288 g/mol. The highest BCUT2D eigenvalue weighted by molar-refractivity contribution is 5.44. The van der Waals surface area contributed by atoms with E-state index in [1.165, 1.54) is 11.0 Å². The molecule has 1 atom stereocenters. The Morgan fingerprint density at radius 1 is 1.36 bits per heavy atom. The van der Waals surface area contributed by atoms with Crippen molar-refractivity contribution >= 4 is 5.95 Å². The van der Waals surface area contributed by atoms with Crippen LogP contribution in [0, 0.1) is 30.9 Å². The van der Waals surface area contributed by atoms with Gasteiger partial charge in [0.1, 0.15) is 18.5 Å². The number of aliphatic hydroxyl groups excluding tert-OH is 1. The molecule has 0 spiro atoms. The van der Waals surface area contributed by atoms with Crippen molar-refractivity contribution in [1.82, 2.24) is 14.8 Å². The number of ether oxygens (including phenoxy) is 1. The lowest BCUT2D eigenvalue weighted by molar-refractivity contribution is -0.394. The minimum Gasteiger partial charge on any atom is -0.490 e. The first-order valence-corrected chi connectivity index (χ1v) is 6.80. The van der Waals surface area contributed by atoms with Gasteiger partial charge in [0.25, 0.3) is 0 Å². The van der Waals surface area contributed by atoms with Crippen LogP contribution in [0.25, 0.3) is 0 Å². The number of hydrogen-bond acceptors (Lipinski definition) is 6. The largest absolute Gasteiger partial charge is 0.490 e. The summed E-state index contributed by atoms with van der Waals surface area (Å²) in [6, 6.07) is 3.98. The van der Waals surface area contributed by atoms with Crippen LogP contribution < -0.4 is 4.74 Å². The molecule has 0 aliphatic rings. The Kier molecular flexibility index (Phi) is 4.71. The monoisotopic (exact) mass is 306 g/mol. The number of nitrogens with zero attached hydrogens (tertiary/aromatic N) is 4. The molecule has 0 bridgehead atoms. The molecule has 0 saturated heterocycles. The van der Waals surface area contributed by atoms with Crippen LogP contribution >= 0.6 is 0 Å². The van der Waals surface area contributed by atoms with E-state index in [4.69, 9.17) is 4.74 Å². The summed E-state index contributed by atoms with van der Waals surface area (Å²) in [5.41, 5.74) is 3.14. The Labute approximate surface area is 127 Å². The maximum absolute atomic E-state index is 10.5. The molecule has 0 radical (unpaired) electrons. The molecule has 0 aliphatic heterocycles. The maximum Gasteiger partial charge on any atom is 0.490 e. The van der Waals surface area contributed by atoms with Gasteiger partial charge >= 0.3 is 5.95 Å². The third-order valence-electron chi connectivity index (χ3n) is 3.38. The van der Waals surface area contributed by atoms with Gasteiger partial charge in [-0.3, -0.25) is 0 Å². The minimum absolute atomic E-state index is 0.0682. The zero-order valence-corrected chi connectivity index (χ0v) is 12.7. The highest BCUT2D eigenvalue weighted by atomic mass is 16.6. The summed E-state index contributed by atoms with van der Waals surface area (Å²) in [4.78, 5) is 13.3. The van der Waals surface area contributed by atoms with Gasteiger partial charge in [-0.15, -0.1) is 0 Å². The fourth-order valence-corrected chi connectivity index (χ4v) is 2.05. The van der Waals surface area contributed by atoms with Crippen molar-refractivity contribution in [2.24, 2.45) is 0 Å². The molecule has 118 valence electrons. The van der Waals surface area contributed by atoms with Crippen molar-refractivity contribution in [3.05, 3.63) is 45.3 Å². The quantitative estimate of drug-likeness (QED) is 0.641. The average molecular weight is 306 g/mol. The maximum atomic E-state index is 10.5. The first-order chi connectivity index (χ1) is 10.4. The topological polar surface area (TPSA) is 103 Å². The van der Waals surface area contributed by atoms with E-state index in [0.29, 0.717) is 0 Å². The Hall–Kier alpha value is -2.48. The number of nitro groups is 1. The van der Waals surface area contributed by atoms with Crippen LogP contribution in [0.2, 0.25) is 0 Å². The van der Waals surface area contributed by atoms with Crippen LogP contribution in [0.4, 0.5) is 5.95 Å². The fourth-order valence-electron chi connectivity index (χ4n) is 2.05. The molecule has 2 rings (SSSR count). The second kappa shape index (κ2) is 6.52. The summed E-state index contributed by atoms with van der Waals surface area (Å²) >= 11 is 0. The first kappa shape index (κ1) is 15.9. The summed E-state index contributed by atoms with van der Waals surface area (Å²) in [6.45, 7) is 6.04. The van der Waals surface area contributed by atoms with E-state index in [-0.39, 0.29) is 13.2 Å². The minimum atomic E-state index is -0.847. The highest BCUT2D eigenvalue weighted by Gasteiger charge is 2.16. The van der Waals surface area contributed by atoms with E-state index in [0.717, 1.165) is 22.4 Å². The number of benzene rings is 1. The zero-order chi connectivity index (χ0) is 16.3. The molecule has 1 heterocycles. The van der Waals surface area contributed by atoms with Gasteiger partial charge in [0, 0.05) is 5.10 Å². The molecule has 0 aliphatic carbocycles. The highest BCUT2D eigenvalue weighted by Crippen LogP contribution is 2.25. The summed E-state index contributed by atoms with van der Waals surface area (Å²) in [5.74, 6) is 0.266. The molecule has 1 aromatic heterocycles. The van der Waals surface area contributed by atoms with Gasteiger partial charge in [-0.05, 0) is 42.4 Å². The molecule has 8 heteroatoms. The second-order valence-corrected chi connectivity index (χ2v) is 5.14. The van der Waals surface area contributed by atoms with Crippen molar-refractivity contribution in [1.29, 1.82) is 0 Å². The second-order valence-electron chi connectivity index (χ2n) is 5.14. The van der Waals surface area contributed by atoms with Crippen LogP contribution in [-0.2, 0) is 6.54 Å². The molecule has 8 nitrogen and oxygen atoms in total. The van der Waals surface area contributed by atoms with Crippen LogP contribution in [0.5, 0.6) is 5.75 Å². The van der Waals surface area contributed by atoms with Crippen molar-refractivity contribution in [2.45, 2.75) is 33.4 Å². The molecule has 2 aromatic rings. The van der Waals surface area contributed by atoms with Crippen LogP contribution in [-0.4, -0.2) is 37.5 Å². The normalized spacial score (nSPS) is 12.2. The predicted molar refractivity (Wildman–Crippen MR) is 78.8 cm³/mol. The van der Waals surface area contributed by atoms with Crippen LogP contribution in [0.15, 0.2) is 18.5 Å². The Balaban J connectivity index is 1.97. The summed E-state index contributed by atoms with van der Waals surface area (Å²) < 4.78 is 6.92. The van der Waals surface area contributed by atoms with E-state index in [9.17, 15) is 15.2 Å². The molecule has 22 heavy (non-hydrogen) atoms. The van der Waals surface area contributed by atoms with Crippen LogP contribution in [0.1, 0.15) is 16.7 Å². The van der Waals surface area contributed by atoms with Gasteiger partial charge in [0.2, 0.25) is 6.33 Å². The van der Waals surface area contributed by atoms with Gasteiger partial charge in [-0.2, -0.15) is 4.68 Å². The summed E-state index contributed by atoms with van der Waals surface area (Å²) in [7, 11) is 0. The lowest BCUT2D eigenvalue weighted by atomic mass is 10.1. The average Bonchev–Trinajstić information content (AvgIpc) is 2.92. The molecule has 0 fully saturated rings. The van der Waals surface area contributed by atoms with E-state index < -0.39 is 17.0 Å². The number of aromatic nitrogens is 3. The van der Waals surface area contributed by atoms with E-state index in [1.807, 2.05) is 32.9 Å². The Bertz CT molecular complexity index is 683. The van der Waals surface area contributed by atoms with Crippen molar-refractivity contribution < 1.29 is 14.8 Å². The zero-order valence-electron chi connectivity index (χ0n) is 12.7. The Morgan fingerprint density at radius 2 is 2.05 bits per heavy atom. The summed E-state index contributed by atoms with van der Waals surface area (Å²) in [6.07, 6.45) is 0.366. The number of aliphatic hydroxyl groups is 1. The fraction of sp³-hybridized carbons (Fsp3) is 0.429. The molecular formula is C14H18N4O4. The van der Waals surface area contributed by atoms with E-state index >= 15 is 0 Å². The predicted octanol–water partition coefficient (Wildman–Crippen LogP) is 1.55. The third-order valence-corrected chi connectivity index (χ3v) is 3.38. The lowest BCUT2D eigenvalue weighted by Crippen LogP contribution is -2.24. The number of hydrogen-bond donors (Lipinski definition) is 1. The SMILES string of the molecule is Cc1ccc(C)c(OCC(O)Cn2cnc([N+](=O)[O-])n2)c1C. The van der Waals surface area contributed by atoms with Crippen molar-refractivity contribution in [3.8, 4) is 5.75 Å². The van der Waals surface area contributed by atoms with E-state index in [1.54, 1.807) is 0 Å². The molecule has 1 N–H and O–H groups in total. The molecule has 0 amide bonds. The van der Waals surface area contributed by atoms with E-state index in [2.05, 4.69) is 10.1 Å². The Morgan fingerprint density at radius 3 is 2.68 bits per heavy atom. The number of aryl methyl sites for hydroxylation is 2. The van der Waals surface area contributed by atoms with Crippen LogP contribution in [0.3, 0.4) is 0 Å². The first-order valence-electron chi connectivity index (χ1n) is 6.80. The van der Waals surface area contributed by atoms with Gasteiger partial charge in [-0.1, -0.05) is 17.1 Å².